The maximum Gasteiger partial charge on any atom is 0.218 e. The second-order valence-corrected chi connectivity index (χ2v) is 4.23. The molecule has 1 aromatic heterocycles. The molecule has 0 spiro atoms. The number of hydrogen-bond acceptors (Lipinski definition) is 4. The first-order chi connectivity index (χ1) is 8.61. The first-order valence-corrected chi connectivity index (χ1v) is 5.47. The van der Waals surface area contributed by atoms with Gasteiger partial charge in [-0.15, -0.1) is 0 Å². The van der Waals surface area contributed by atoms with Gasteiger partial charge >= 0.3 is 0 Å². The fraction of sp³-hybridized carbons (Fsp3) is 0.231. The molecule has 0 bridgehead atoms. The largest absolute Gasteiger partial charge is 0.493 e. The Morgan fingerprint density at radius 2 is 2.22 bits per heavy atom. The topological polar surface area (TPSA) is 75.5 Å². The van der Waals surface area contributed by atoms with Crippen LogP contribution in [-0.4, -0.2) is 35.6 Å². The van der Waals surface area contributed by atoms with Gasteiger partial charge < -0.3 is 10.1 Å². The van der Waals surface area contributed by atoms with Crippen molar-refractivity contribution in [3.63, 3.8) is 0 Å². The van der Waals surface area contributed by atoms with Crippen molar-refractivity contribution in [1.82, 2.24) is 9.88 Å². The van der Waals surface area contributed by atoms with Crippen molar-refractivity contribution in [3.8, 4) is 17.7 Å². The lowest BCUT2D eigenvalue weighted by Gasteiger charge is -2.00. The summed E-state index contributed by atoms with van der Waals surface area (Å²) < 4.78 is 0. The van der Waals surface area contributed by atoms with Crippen LogP contribution in [0.15, 0.2) is 23.3 Å². The molecule has 0 aliphatic heterocycles. The summed E-state index contributed by atoms with van der Waals surface area (Å²) in [6.07, 6.45) is 0. The summed E-state index contributed by atoms with van der Waals surface area (Å²) in [7, 11) is 3.91. The third-order valence-corrected chi connectivity index (χ3v) is 2.49. The zero-order valence-corrected chi connectivity index (χ0v) is 10.3. The van der Waals surface area contributed by atoms with Crippen LogP contribution in [0.25, 0.3) is 10.9 Å². The van der Waals surface area contributed by atoms with Crippen molar-refractivity contribution in [3.05, 3.63) is 23.8 Å². The van der Waals surface area contributed by atoms with Gasteiger partial charge in [-0.2, -0.15) is 5.11 Å². The van der Waals surface area contributed by atoms with Gasteiger partial charge in [-0.1, -0.05) is 11.8 Å². The number of nitrogens with one attached hydrogen (secondary N) is 2. The maximum atomic E-state index is 9.56. The van der Waals surface area contributed by atoms with E-state index < -0.39 is 0 Å². The number of aromatic amines is 1. The number of aromatic hydroxyl groups is 1. The van der Waals surface area contributed by atoms with Crippen LogP contribution in [0.5, 0.6) is 5.88 Å². The van der Waals surface area contributed by atoms with E-state index in [2.05, 4.69) is 21.9 Å². The highest BCUT2D eigenvalue weighted by atomic mass is 16.3. The van der Waals surface area contributed by atoms with Crippen molar-refractivity contribution in [2.75, 3.05) is 20.6 Å². The van der Waals surface area contributed by atoms with Crippen LogP contribution in [0.1, 0.15) is 5.56 Å². The third kappa shape index (κ3) is 2.34. The number of fused-ring (bicyclic) bond motifs is 1. The van der Waals surface area contributed by atoms with Crippen LogP contribution >= 0.6 is 0 Å². The predicted octanol–water partition coefficient (Wildman–Crippen LogP) is 2.45. The van der Waals surface area contributed by atoms with E-state index in [1.54, 1.807) is 0 Å². The van der Waals surface area contributed by atoms with E-state index >= 15 is 0 Å². The number of nitrogens with zero attached hydrogens (tertiary/aromatic N) is 2. The fourth-order valence-electron chi connectivity index (χ4n) is 1.65. The predicted molar refractivity (Wildman–Crippen MR) is 70.2 cm³/mol. The van der Waals surface area contributed by atoms with Gasteiger partial charge in [-0.3, -0.25) is 4.90 Å². The summed E-state index contributed by atoms with van der Waals surface area (Å²) in [6, 6.07) is 5.51. The fourth-order valence-corrected chi connectivity index (χ4v) is 1.65. The zero-order valence-electron chi connectivity index (χ0n) is 10.3. The summed E-state index contributed by atoms with van der Waals surface area (Å²) in [5.41, 5.74) is 8.89. The van der Waals surface area contributed by atoms with Crippen LogP contribution in [0.4, 0.5) is 5.69 Å². The lowest BCUT2D eigenvalue weighted by atomic mass is 10.1. The minimum atomic E-state index is -0.0848. The monoisotopic (exact) mass is 242 g/mol. The lowest BCUT2D eigenvalue weighted by molar-refractivity contribution is 0.459. The van der Waals surface area contributed by atoms with E-state index in [0.29, 0.717) is 11.9 Å². The summed E-state index contributed by atoms with van der Waals surface area (Å²) in [4.78, 5) is 4.75. The van der Waals surface area contributed by atoms with Gasteiger partial charge in [-0.05, 0) is 32.3 Å². The van der Waals surface area contributed by atoms with Gasteiger partial charge in [0.1, 0.15) is 0 Å². The molecule has 2 aromatic rings. The second-order valence-electron chi connectivity index (χ2n) is 4.23. The normalized spacial score (nSPS) is 10.4. The Morgan fingerprint density at radius 3 is 2.89 bits per heavy atom. The van der Waals surface area contributed by atoms with Gasteiger partial charge in [0.15, 0.2) is 5.69 Å². The molecule has 0 amide bonds. The average molecular weight is 242 g/mol. The van der Waals surface area contributed by atoms with Crippen LogP contribution in [0.2, 0.25) is 0 Å². The summed E-state index contributed by atoms with van der Waals surface area (Å²) >= 11 is 0. The first-order valence-electron chi connectivity index (χ1n) is 5.47. The van der Waals surface area contributed by atoms with Gasteiger partial charge in [0.05, 0.1) is 12.1 Å². The third-order valence-electron chi connectivity index (χ3n) is 2.49. The van der Waals surface area contributed by atoms with Crippen LogP contribution < -0.4 is 0 Å². The molecule has 0 unspecified atom stereocenters. The van der Waals surface area contributed by atoms with E-state index in [9.17, 15) is 5.11 Å². The quantitative estimate of drug-likeness (QED) is 0.559. The van der Waals surface area contributed by atoms with Crippen LogP contribution in [0.3, 0.4) is 0 Å². The van der Waals surface area contributed by atoms with Crippen molar-refractivity contribution >= 4 is 16.6 Å². The average Bonchev–Trinajstić information content (AvgIpc) is 2.63. The molecule has 0 atom stereocenters. The molecule has 0 aliphatic carbocycles. The number of H-pyrrole nitrogens is 1. The number of benzene rings is 1. The summed E-state index contributed by atoms with van der Waals surface area (Å²) in [5, 5.41) is 13.6. The Balaban J connectivity index is 2.42. The summed E-state index contributed by atoms with van der Waals surface area (Å²) in [6.45, 7) is 0.687. The van der Waals surface area contributed by atoms with Crippen LogP contribution in [-0.2, 0) is 0 Å². The number of rotatable bonds is 2. The first kappa shape index (κ1) is 12.1. The van der Waals surface area contributed by atoms with Crippen molar-refractivity contribution in [2.24, 2.45) is 5.11 Å². The highest BCUT2D eigenvalue weighted by Gasteiger charge is 2.09. The molecule has 1 heterocycles. The van der Waals surface area contributed by atoms with Gasteiger partial charge in [0.25, 0.3) is 0 Å². The summed E-state index contributed by atoms with van der Waals surface area (Å²) in [5.74, 6) is 5.99. The molecule has 1 aromatic carbocycles. The lowest BCUT2D eigenvalue weighted by Crippen LogP contribution is -2.10. The van der Waals surface area contributed by atoms with Crippen LogP contribution in [0, 0.1) is 17.4 Å². The number of aromatic nitrogens is 1. The molecule has 0 radical (unpaired) electrons. The molecular weight excluding hydrogens is 228 g/mol. The van der Waals surface area contributed by atoms with E-state index in [-0.39, 0.29) is 11.6 Å². The Morgan fingerprint density at radius 1 is 1.44 bits per heavy atom. The van der Waals surface area contributed by atoms with E-state index in [0.717, 1.165) is 11.1 Å². The standard InChI is InChI=1S/C13H14N4O/c1-17(2)7-3-4-9-5-6-11-10(8-9)12(16-14)13(18)15-11/h5-6,8,14-15,18H,7H2,1-2H3. The molecule has 92 valence electrons. The molecule has 0 saturated carbocycles. The number of hydrogen-bond donors (Lipinski definition) is 3. The van der Waals surface area contributed by atoms with Gasteiger partial charge in [0.2, 0.25) is 5.88 Å². The van der Waals surface area contributed by atoms with E-state index in [1.165, 1.54) is 0 Å². The van der Waals surface area contributed by atoms with E-state index in [1.807, 2.05) is 37.2 Å². The SMILES string of the molecule is CN(C)CC#Cc1ccc2[nH]c(O)c(N=N)c2c1. The molecule has 18 heavy (non-hydrogen) atoms. The van der Waals surface area contributed by atoms with Crippen molar-refractivity contribution < 1.29 is 5.11 Å². The van der Waals surface area contributed by atoms with Gasteiger partial charge in [0, 0.05) is 10.9 Å². The smallest absolute Gasteiger partial charge is 0.218 e. The highest BCUT2D eigenvalue weighted by molar-refractivity contribution is 5.94. The second kappa shape index (κ2) is 4.90. The molecule has 0 fully saturated rings. The van der Waals surface area contributed by atoms with Gasteiger partial charge in [-0.25, -0.2) is 5.53 Å². The minimum Gasteiger partial charge on any atom is -0.493 e. The Hall–Kier alpha value is -2.32. The Labute approximate surface area is 105 Å². The maximum absolute atomic E-state index is 9.56. The van der Waals surface area contributed by atoms with Crippen molar-refractivity contribution in [2.45, 2.75) is 0 Å². The highest BCUT2D eigenvalue weighted by Crippen LogP contribution is 2.35. The van der Waals surface area contributed by atoms with E-state index in [4.69, 9.17) is 5.53 Å². The minimum absolute atomic E-state index is 0.0848. The Bertz CT molecular complexity index is 646. The molecule has 0 aliphatic rings. The zero-order chi connectivity index (χ0) is 13.1. The molecule has 2 rings (SSSR count). The molecule has 5 nitrogen and oxygen atoms in total. The molecular formula is C13H14N4O. The molecule has 3 N–H and O–H groups in total. The van der Waals surface area contributed by atoms with Crippen molar-refractivity contribution in [1.29, 1.82) is 5.53 Å². The molecule has 5 heteroatoms. The molecule has 0 saturated heterocycles. The Kier molecular flexibility index (Phi) is 3.31.